The van der Waals surface area contributed by atoms with Gasteiger partial charge in [0.15, 0.2) is 0 Å². The molecule has 1 aromatic rings. The van der Waals surface area contributed by atoms with E-state index in [0.29, 0.717) is 6.04 Å². The molecule has 0 saturated carbocycles. The van der Waals surface area contributed by atoms with Gasteiger partial charge in [-0.15, -0.1) is 0 Å². The third-order valence-corrected chi connectivity index (χ3v) is 4.60. The Morgan fingerprint density at radius 3 is 2.42 bits per heavy atom. The maximum Gasteiger partial charge on any atom is 0.0278 e. The summed E-state index contributed by atoms with van der Waals surface area (Å²) < 4.78 is 0. The van der Waals surface area contributed by atoms with Crippen molar-refractivity contribution >= 4 is 0 Å². The van der Waals surface area contributed by atoms with Gasteiger partial charge in [-0.25, -0.2) is 0 Å². The second-order valence-corrected chi connectivity index (χ2v) is 6.22. The Morgan fingerprint density at radius 1 is 1.21 bits per heavy atom. The zero-order valence-corrected chi connectivity index (χ0v) is 12.9. The Bertz CT molecular complexity index is 398. The van der Waals surface area contributed by atoms with Crippen LogP contribution in [-0.2, 0) is 13.0 Å². The fraction of sp³-hybridized carbons (Fsp3) is 0.647. The van der Waals surface area contributed by atoms with Gasteiger partial charge in [-0.3, -0.25) is 4.90 Å². The molecule has 0 radical (unpaired) electrons. The summed E-state index contributed by atoms with van der Waals surface area (Å²) in [6.07, 6.45) is 2.31. The minimum Gasteiger partial charge on any atom is -0.309 e. The molecular formula is C17H28N2. The Balaban J connectivity index is 2.03. The van der Waals surface area contributed by atoms with E-state index in [4.69, 9.17) is 0 Å². The number of aryl methyl sites for hydroxylation is 1. The lowest BCUT2D eigenvalue weighted by molar-refractivity contribution is 0.0866. The zero-order chi connectivity index (χ0) is 13.9. The molecule has 2 rings (SSSR count). The Morgan fingerprint density at radius 2 is 1.84 bits per heavy atom. The van der Waals surface area contributed by atoms with Crippen molar-refractivity contribution in [2.24, 2.45) is 0 Å². The molecule has 0 amide bonds. The molecule has 1 heterocycles. The molecule has 2 heteroatoms. The molecule has 2 nitrogen and oxygen atoms in total. The van der Waals surface area contributed by atoms with Crippen molar-refractivity contribution in [3.8, 4) is 0 Å². The van der Waals surface area contributed by atoms with Crippen molar-refractivity contribution < 1.29 is 0 Å². The number of nitrogens with one attached hydrogen (secondary N) is 1. The molecule has 1 aromatic carbocycles. The van der Waals surface area contributed by atoms with Crippen LogP contribution in [0.1, 0.15) is 45.2 Å². The lowest BCUT2D eigenvalue weighted by Crippen LogP contribution is -2.61. The van der Waals surface area contributed by atoms with E-state index in [-0.39, 0.29) is 5.54 Å². The SMILES string of the molecule is CCc1ccc(CN2CC(C)(CC)NCC2C)cc1. The maximum absolute atomic E-state index is 3.69. The molecular weight excluding hydrogens is 232 g/mol. The minimum absolute atomic E-state index is 0.274. The van der Waals surface area contributed by atoms with Crippen LogP contribution in [0.2, 0.25) is 0 Å². The van der Waals surface area contributed by atoms with E-state index in [1.54, 1.807) is 0 Å². The number of rotatable bonds is 4. The molecule has 1 aliphatic heterocycles. The van der Waals surface area contributed by atoms with Crippen LogP contribution in [0.15, 0.2) is 24.3 Å². The first-order chi connectivity index (χ1) is 9.06. The van der Waals surface area contributed by atoms with Gasteiger partial charge in [0.25, 0.3) is 0 Å². The smallest absolute Gasteiger partial charge is 0.0278 e. The van der Waals surface area contributed by atoms with E-state index in [2.05, 4.69) is 62.2 Å². The average Bonchev–Trinajstić information content (AvgIpc) is 2.44. The van der Waals surface area contributed by atoms with E-state index in [9.17, 15) is 0 Å². The van der Waals surface area contributed by atoms with E-state index >= 15 is 0 Å². The highest BCUT2D eigenvalue weighted by atomic mass is 15.2. The predicted octanol–water partition coefficient (Wildman–Crippen LogP) is 3.21. The first-order valence-corrected chi connectivity index (χ1v) is 7.63. The molecule has 0 aromatic heterocycles. The molecule has 2 unspecified atom stereocenters. The third-order valence-electron chi connectivity index (χ3n) is 4.60. The van der Waals surface area contributed by atoms with Gasteiger partial charge >= 0.3 is 0 Å². The molecule has 1 N–H and O–H groups in total. The van der Waals surface area contributed by atoms with Crippen LogP contribution in [-0.4, -0.2) is 29.6 Å². The number of benzene rings is 1. The average molecular weight is 260 g/mol. The Kier molecular flexibility index (Phi) is 4.64. The fourth-order valence-electron chi connectivity index (χ4n) is 2.75. The van der Waals surface area contributed by atoms with Gasteiger partial charge in [-0.1, -0.05) is 38.1 Å². The van der Waals surface area contributed by atoms with E-state index in [0.717, 1.165) is 26.1 Å². The topological polar surface area (TPSA) is 15.3 Å². The van der Waals surface area contributed by atoms with Crippen LogP contribution in [0.5, 0.6) is 0 Å². The Labute approximate surface area is 118 Å². The summed E-state index contributed by atoms with van der Waals surface area (Å²) in [6, 6.07) is 9.72. The van der Waals surface area contributed by atoms with Gasteiger partial charge in [0.1, 0.15) is 0 Å². The third kappa shape index (κ3) is 3.58. The number of piperazine rings is 1. The molecule has 1 fully saturated rings. The summed E-state index contributed by atoms with van der Waals surface area (Å²) in [4.78, 5) is 2.61. The lowest BCUT2D eigenvalue weighted by atomic mass is 9.93. The first kappa shape index (κ1) is 14.5. The standard InChI is InChI=1S/C17H28N2/c1-5-15-7-9-16(10-8-15)12-19-13-17(4,6-2)18-11-14(19)3/h7-10,14,18H,5-6,11-13H2,1-4H3. The molecule has 106 valence electrons. The molecule has 0 aliphatic carbocycles. The summed E-state index contributed by atoms with van der Waals surface area (Å²) >= 11 is 0. The number of hydrogen-bond acceptors (Lipinski definition) is 2. The molecule has 1 aliphatic rings. The maximum atomic E-state index is 3.69. The second-order valence-electron chi connectivity index (χ2n) is 6.22. The van der Waals surface area contributed by atoms with Crippen molar-refractivity contribution in [3.05, 3.63) is 35.4 Å². The highest BCUT2D eigenvalue weighted by Crippen LogP contribution is 2.21. The van der Waals surface area contributed by atoms with Gasteiger partial charge in [-0.05, 0) is 37.8 Å². The highest BCUT2D eigenvalue weighted by Gasteiger charge is 2.32. The van der Waals surface area contributed by atoms with Crippen LogP contribution >= 0.6 is 0 Å². The molecule has 0 spiro atoms. The van der Waals surface area contributed by atoms with Crippen LogP contribution in [0.4, 0.5) is 0 Å². The molecule has 2 atom stereocenters. The quantitative estimate of drug-likeness (QED) is 0.894. The predicted molar refractivity (Wildman–Crippen MR) is 82.4 cm³/mol. The zero-order valence-electron chi connectivity index (χ0n) is 12.9. The van der Waals surface area contributed by atoms with Gasteiger partial charge in [0.2, 0.25) is 0 Å². The summed E-state index contributed by atoms with van der Waals surface area (Å²) in [5.41, 5.74) is 3.13. The monoisotopic (exact) mass is 260 g/mol. The minimum atomic E-state index is 0.274. The Hall–Kier alpha value is -0.860. The molecule has 19 heavy (non-hydrogen) atoms. The van der Waals surface area contributed by atoms with E-state index in [1.165, 1.54) is 17.5 Å². The van der Waals surface area contributed by atoms with Crippen LogP contribution in [0, 0.1) is 0 Å². The summed E-state index contributed by atoms with van der Waals surface area (Å²) in [5, 5.41) is 3.69. The first-order valence-electron chi connectivity index (χ1n) is 7.63. The van der Waals surface area contributed by atoms with E-state index < -0.39 is 0 Å². The van der Waals surface area contributed by atoms with Crippen molar-refractivity contribution in [1.29, 1.82) is 0 Å². The van der Waals surface area contributed by atoms with Crippen LogP contribution < -0.4 is 5.32 Å². The fourth-order valence-corrected chi connectivity index (χ4v) is 2.75. The van der Waals surface area contributed by atoms with Crippen molar-refractivity contribution in [3.63, 3.8) is 0 Å². The van der Waals surface area contributed by atoms with Crippen LogP contribution in [0.3, 0.4) is 0 Å². The largest absolute Gasteiger partial charge is 0.309 e. The summed E-state index contributed by atoms with van der Waals surface area (Å²) in [5.74, 6) is 0. The van der Waals surface area contributed by atoms with Gasteiger partial charge < -0.3 is 5.32 Å². The summed E-state index contributed by atoms with van der Waals surface area (Å²) in [6.45, 7) is 12.5. The van der Waals surface area contributed by atoms with Crippen molar-refractivity contribution in [1.82, 2.24) is 10.2 Å². The lowest BCUT2D eigenvalue weighted by Gasteiger charge is -2.45. The number of hydrogen-bond donors (Lipinski definition) is 1. The molecule has 1 saturated heterocycles. The molecule has 0 bridgehead atoms. The van der Waals surface area contributed by atoms with Gasteiger partial charge in [0.05, 0.1) is 0 Å². The van der Waals surface area contributed by atoms with Crippen LogP contribution in [0.25, 0.3) is 0 Å². The van der Waals surface area contributed by atoms with Crippen molar-refractivity contribution in [2.45, 2.75) is 58.7 Å². The van der Waals surface area contributed by atoms with Gasteiger partial charge in [-0.2, -0.15) is 0 Å². The highest BCUT2D eigenvalue weighted by molar-refractivity contribution is 5.22. The summed E-state index contributed by atoms with van der Waals surface area (Å²) in [7, 11) is 0. The normalized spacial score (nSPS) is 28.5. The van der Waals surface area contributed by atoms with Gasteiger partial charge in [0, 0.05) is 31.2 Å². The van der Waals surface area contributed by atoms with Crippen molar-refractivity contribution in [2.75, 3.05) is 13.1 Å². The second kappa shape index (κ2) is 6.06. The number of nitrogens with zero attached hydrogens (tertiary/aromatic N) is 1. The van der Waals surface area contributed by atoms with E-state index in [1.807, 2.05) is 0 Å².